The molecule has 2 unspecified atom stereocenters. The van der Waals surface area contributed by atoms with Gasteiger partial charge in [0.25, 0.3) is 5.91 Å². The van der Waals surface area contributed by atoms with Gasteiger partial charge in [0.2, 0.25) is 17.6 Å². The Kier molecular flexibility index (Phi) is 8.96. The van der Waals surface area contributed by atoms with Crippen LogP contribution in [0.4, 0.5) is 0 Å². The van der Waals surface area contributed by atoms with E-state index in [4.69, 9.17) is 14.2 Å². The molecule has 9 heteroatoms. The van der Waals surface area contributed by atoms with E-state index in [-0.39, 0.29) is 35.6 Å². The lowest BCUT2D eigenvalue weighted by Gasteiger charge is -2.41. The number of benzene rings is 1. The molecule has 33 heavy (non-hydrogen) atoms. The number of hydrogen-bond acceptors (Lipinski definition) is 6. The van der Waals surface area contributed by atoms with Gasteiger partial charge in [0.05, 0.1) is 21.3 Å². The number of carbonyl (C=O) groups is 3. The quantitative estimate of drug-likeness (QED) is 0.635. The highest BCUT2D eigenvalue weighted by Gasteiger charge is 2.35. The molecule has 2 rings (SSSR count). The molecular weight excluding hydrogens is 426 g/mol. The first-order chi connectivity index (χ1) is 15.5. The molecule has 9 nitrogen and oxygen atoms in total. The average molecular weight is 464 g/mol. The minimum atomic E-state index is -0.593. The van der Waals surface area contributed by atoms with Crippen LogP contribution in [0.3, 0.4) is 0 Å². The Hall–Kier alpha value is -2.97. The van der Waals surface area contributed by atoms with Crippen molar-refractivity contribution in [2.45, 2.75) is 46.7 Å². The van der Waals surface area contributed by atoms with Gasteiger partial charge in [-0.1, -0.05) is 27.7 Å². The van der Waals surface area contributed by atoms with Crippen LogP contribution in [-0.4, -0.2) is 80.6 Å². The summed E-state index contributed by atoms with van der Waals surface area (Å²) in [5.41, 5.74) is 0.417. The Morgan fingerprint density at radius 1 is 0.970 bits per heavy atom. The molecule has 1 heterocycles. The van der Waals surface area contributed by atoms with E-state index in [2.05, 4.69) is 5.32 Å². The van der Waals surface area contributed by atoms with Crippen molar-refractivity contribution in [2.24, 2.45) is 11.8 Å². The maximum absolute atomic E-state index is 13.3. The molecule has 0 radical (unpaired) electrons. The summed E-state index contributed by atoms with van der Waals surface area (Å²) >= 11 is 0. The number of methoxy groups -OCH3 is 3. The van der Waals surface area contributed by atoms with E-state index in [1.54, 1.807) is 35.8 Å². The molecule has 0 saturated carbocycles. The minimum absolute atomic E-state index is 0.0469. The van der Waals surface area contributed by atoms with Gasteiger partial charge >= 0.3 is 0 Å². The number of ether oxygens (including phenoxy) is 3. The van der Waals surface area contributed by atoms with Gasteiger partial charge in [-0.2, -0.15) is 0 Å². The van der Waals surface area contributed by atoms with Crippen molar-refractivity contribution in [3.63, 3.8) is 0 Å². The highest BCUT2D eigenvalue weighted by Crippen LogP contribution is 2.38. The molecule has 1 aromatic rings. The fourth-order valence-electron chi connectivity index (χ4n) is 3.86. The summed E-state index contributed by atoms with van der Waals surface area (Å²) in [6.45, 7) is 10.5. The van der Waals surface area contributed by atoms with Crippen LogP contribution in [0.5, 0.6) is 17.2 Å². The van der Waals surface area contributed by atoms with Crippen molar-refractivity contribution in [1.82, 2.24) is 15.1 Å². The summed E-state index contributed by atoms with van der Waals surface area (Å²) in [6, 6.07) is 2.46. The van der Waals surface area contributed by atoms with Gasteiger partial charge in [0.15, 0.2) is 11.5 Å². The average Bonchev–Trinajstić information content (AvgIpc) is 2.79. The Bertz CT molecular complexity index is 845. The van der Waals surface area contributed by atoms with E-state index in [0.29, 0.717) is 42.4 Å². The van der Waals surface area contributed by atoms with Crippen molar-refractivity contribution in [2.75, 3.05) is 41.0 Å². The standard InChI is InChI=1S/C24H37N3O6/c1-14(2)20(25-22(28)15(3)4)24(30)26-9-10-27(16(5)13-26)23(29)17-11-18(31-6)21(33-8)19(12-17)32-7/h11-12,14-16,20H,9-10,13H2,1-8H3,(H,25,28). The first kappa shape index (κ1) is 26.3. The summed E-state index contributed by atoms with van der Waals surface area (Å²) in [4.78, 5) is 42.1. The zero-order valence-corrected chi connectivity index (χ0v) is 20.9. The smallest absolute Gasteiger partial charge is 0.254 e. The molecule has 0 bridgehead atoms. The topological polar surface area (TPSA) is 97.4 Å². The monoisotopic (exact) mass is 463 g/mol. The number of nitrogens with zero attached hydrogens (tertiary/aromatic N) is 2. The molecule has 2 atom stereocenters. The van der Waals surface area contributed by atoms with Gasteiger partial charge in [-0.15, -0.1) is 0 Å². The summed E-state index contributed by atoms with van der Waals surface area (Å²) < 4.78 is 16.1. The largest absolute Gasteiger partial charge is 0.493 e. The number of carbonyl (C=O) groups excluding carboxylic acids is 3. The molecule has 1 saturated heterocycles. The second-order valence-electron chi connectivity index (χ2n) is 8.93. The Labute approximate surface area is 196 Å². The van der Waals surface area contributed by atoms with Crippen molar-refractivity contribution in [1.29, 1.82) is 0 Å². The van der Waals surface area contributed by atoms with Crippen molar-refractivity contribution < 1.29 is 28.6 Å². The summed E-state index contributed by atoms with van der Waals surface area (Å²) in [5.74, 6) is 0.535. The van der Waals surface area contributed by atoms with E-state index in [9.17, 15) is 14.4 Å². The molecule has 1 aromatic carbocycles. The molecule has 1 N–H and O–H groups in total. The van der Waals surface area contributed by atoms with Crippen molar-refractivity contribution >= 4 is 17.7 Å². The van der Waals surface area contributed by atoms with Crippen LogP contribution in [0.15, 0.2) is 12.1 Å². The lowest BCUT2D eigenvalue weighted by molar-refractivity contribution is -0.140. The first-order valence-electron chi connectivity index (χ1n) is 11.3. The third-order valence-corrected chi connectivity index (χ3v) is 5.87. The van der Waals surface area contributed by atoms with Crippen LogP contribution in [0, 0.1) is 11.8 Å². The molecule has 1 aliphatic heterocycles. The molecule has 3 amide bonds. The Morgan fingerprint density at radius 3 is 1.97 bits per heavy atom. The molecule has 0 aromatic heterocycles. The summed E-state index contributed by atoms with van der Waals surface area (Å²) in [6.07, 6.45) is 0. The van der Waals surface area contributed by atoms with Crippen LogP contribution in [-0.2, 0) is 9.59 Å². The summed E-state index contributed by atoms with van der Waals surface area (Å²) in [5, 5.41) is 2.87. The van der Waals surface area contributed by atoms with E-state index in [0.717, 1.165) is 0 Å². The van der Waals surface area contributed by atoms with E-state index < -0.39 is 6.04 Å². The molecule has 1 fully saturated rings. The minimum Gasteiger partial charge on any atom is -0.493 e. The third-order valence-electron chi connectivity index (χ3n) is 5.87. The van der Waals surface area contributed by atoms with Crippen LogP contribution in [0.25, 0.3) is 0 Å². The zero-order valence-electron chi connectivity index (χ0n) is 20.9. The second kappa shape index (κ2) is 11.2. The predicted octanol–water partition coefficient (Wildman–Crippen LogP) is 2.18. The summed E-state index contributed by atoms with van der Waals surface area (Å²) in [7, 11) is 4.51. The molecular formula is C24H37N3O6. The normalized spacial score (nSPS) is 17.1. The van der Waals surface area contributed by atoms with Crippen molar-refractivity contribution in [3.8, 4) is 17.2 Å². The second-order valence-corrected chi connectivity index (χ2v) is 8.93. The van der Waals surface area contributed by atoms with Crippen LogP contribution in [0.1, 0.15) is 45.0 Å². The molecule has 1 aliphatic rings. The maximum atomic E-state index is 13.3. The zero-order chi connectivity index (χ0) is 24.9. The Morgan fingerprint density at radius 2 is 1.55 bits per heavy atom. The fourth-order valence-corrected chi connectivity index (χ4v) is 3.86. The highest BCUT2D eigenvalue weighted by atomic mass is 16.5. The SMILES string of the molecule is COc1cc(C(=O)N2CCN(C(=O)C(NC(=O)C(C)C)C(C)C)CC2C)cc(OC)c1OC. The van der Waals surface area contributed by atoms with Crippen LogP contribution >= 0.6 is 0 Å². The van der Waals surface area contributed by atoms with Gasteiger partial charge in [-0.25, -0.2) is 0 Å². The van der Waals surface area contributed by atoms with Gasteiger partial charge in [0, 0.05) is 37.2 Å². The van der Waals surface area contributed by atoms with Gasteiger partial charge in [-0.3, -0.25) is 14.4 Å². The lowest BCUT2D eigenvalue weighted by atomic mass is 10.0. The highest BCUT2D eigenvalue weighted by molar-refractivity contribution is 5.96. The third kappa shape index (κ3) is 5.89. The van der Waals surface area contributed by atoms with Gasteiger partial charge < -0.3 is 29.3 Å². The van der Waals surface area contributed by atoms with Crippen LogP contribution < -0.4 is 19.5 Å². The fraction of sp³-hybridized carbons (Fsp3) is 0.625. The lowest BCUT2D eigenvalue weighted by Crippen LogP contribution is -2.60. The van der Waals surface area contributed by atoms with E-state index in [1.807, 2.05) is 20.8 Å². The number of hydrogen-bond donors (Lipinski definition) is 1. The number of rotatable bonds is 8. The number of nitrogens with one attached hydrogen (secondary N) is 1. The van der Waals surface area contributed by atoms with Crippen LogP contribution in [0.2, 0.25) is 0 Å². The van der Waals surface area contributed by atoms with Gasteiger partial charge in [-0.05, 0) is 25.0 Å². The number of amides is 3. The number of piperazine rings is 1. The van der Waals surface area contributed by atoms with E-state index >= 15 is 0 Å². The molecule has 0 aliphatic carbocycles. The predicted molar refractivity (Wildman–Crippen MR) is 125 cm³/mol. The van der Waals surface area contributed by atoms with Crippen molar-refractivity contribution in [3.05, 3.63) is 17.7 Å². The first-order valence-corrected chi connectivity index (χ1v) is 11.3. The molecule has 184 valence electrons. The van der Waals surface area contributed by atoms with Gasteiger partial charge in [0.1, 0.15) is 6.04 Å². The molecule has 0 spiro atoms. The van der Waals surface area contributed by atoms with E-state index in [1.165, 1.54) is 21.3 Å². The Balaban J connectivity index is 2.17. The maximum Gasteiger partial charge on any atom is 0.254 e.